The van der Waals surface area contributed by atoms with Crippen LogP contribution in [-0.2, 0) is 25.4 Å². The van der Waals surface area contributed by atoms with E-state index in [1.54, 1.807) is 24.3 Å². The number of hydrogen-bond acceptors (Lipinski definition) is 5. The van der Waals surface area contributed by atoms with Crippen LogP contribution in [-0.4, -0.2) is 31.9 Å². The first-order valence-corrected chi connectivity index (χ1v) is 6.67. The normalized spacial score (nSPS) is 18.4. The number of hydrogen-bond donors (Lipinski definition) is 0. The van der Waals surface area contributed by atoms with Crippen molar-refractivity contribution in [2.45, 2.75) is 32.0 Å². The van der Waals surface area contributed by atoms with Gasteiger partial charge in [-0.2, -0.15) is 0 Å². The molecule has 20 heavy (non-hydrogen) atoms. The molecule has 0 spiro atoms. The van der Waals surface area contributed by atoms with Gasteiger partial charge in [0, 0.05) is 6.42 Å². The molecule has 1 aliphatic heterocycles. The maximum Gasteiger partial charge on any atom is 0.337 e. The lowest BCUT2D eigenvalue weighted by Crippen LogP contribution is -2.26. The van der Waals surface area contributed by atoms with Gasteiger partial charge in [0.2, 0.25) is 6.29 Å². The van der Waals surface area contributed by atoms with Gasteiger partial charge >= 0.3 is 11.9 Å². The highest BCUT2D eigenvalue weighted by Gasteiger charge is 2.18. The molecule has 0 bridgehead atoms. The minimum absolute atomic E-state index is 0.168. The molecule has 0 radical (unpaired) electrons. The van der Waals surface area contributed by atoms with Gasteiger partial charge in [0.05, 0.1) is 25.7 Å². The zero-order valence-electron chi connectivity index (χ0n) is 11.5. The predicted octanol–water partition coefficient (Wildman–Crippen LogP) is 2.09. The second kappa shape index (κ2) is 7.05. The highest BCUT2D eigenvalue weighted by atomic mass is 16.7. The van der Waals surface area contributed by atoms with Crippen molar-refractivity contribution in [1.29, 1.82) is 0 Å². The largest absolute Gasteiger partial charge is 0.465 e. The summed E-state index contributed by atoms with van der Waals surface area (Å²) in [7, 11) is 1.33. The SMILES string of the molecule is COC(=O)c1ccc(CC(=O)OC2CCCCO2)cc1. The summed E-state index contributed by atoms with van der Waals surface area (Å²) in [6.45, 7) is 0.645. The molecule has 1 atom stereocenters. The van der Waals surface area contributed by atoms with Gasteiger partial charge < -0.3 is 14.2 Å². The average molecular weight is 278 g/mol. The molecule has 0 saturated carbocycles. The first kappa shape index (κ1) is 14.5. The topological polar surface area (TPSA) is 61.8 Å². The van der Waals surface area contributed by atoms with Crippen LogP contribution in [0.2, 0.25) is 0 Å². The molecule has 1 saturated heterocycles. The Hall–Kier alpha value is -1.88. The summed E-state index contributed by atoms with van der Waals surface area (Å²) in [6, 6.07) is 6.70. The molecule has 1 heterocycles. The zero-order chi connectivity index (χ0) is 14.4. The van der Waals surface area contributed by atoms with Crippen molar-refractivity contribution in [1.82, 2.24) is 0 Å². The molecule has 2 rings (SSSR count). The fourth-order valence-electron chi connectivity index (χ4n) is 2.04. The van der Waals surface area contributed by atoms with E-state index in [1.165, 1.54) is 7.11 Å². The number of rotatable bonds is 4. The van der Waals surface area contributed by atoms with Crippen molar-refractivity contribution >= 4 is 11.9 Å². The first-order valence-electron chi connectivity index (χ1n) is 6.67. The van der Waals surface area contributed by atoms with Crippen molar-refractivity contribution < 1.29 is 23.8 Å². The molecule has 1 aliphatic rings. The monoisotopic (exact) mass is 278 g/mol. The van der Waals surface area contributed by atoms with Crippen LogP contribution in [0.4, 0.5) is 0 Å². The summed E-state index contributed by atoms with van der Waals surface area (Å²) in [4.78, 5) is 23.0. The fourth-order valence-corrected chi connectivity index (χ4v) is 2.04. The standard InChI is InChI=1S/C15H18O5/c1-18-15(17)12-7-5-11(6-8-12)10-13(16)20-14-4-2-3-9-19-14/h5-8,14H,2-4,9-10H2,1H3. The molecule has 5 heteroatoms. The molecule has 5 nitrogen and oxygen atoms in total. The molecule has 1 aromatic rings. The fraction of sp³-hybridized carbons (Fsp3) is 0.467. The number of ether oxygens (including phenoxy) is 3. The Bertz CT molecular complexity index is 460. The zero-order valence-corrected chi connectivity index (χ0v) is 11.5. The lowest BCUT2D eigenvalue weighted by atomic mass is 10.1. The van der Waals surface area contributed by atoms with Gasteiger partial charge in [-0.05, 0) is 30.5 Å². The Morgan fingerprint density at radius 1 is 1.25 bits per heavy atom. The third kappa shape index (κ3) is 4.06. The van der Waals surface area contributed by atoms with E-state index in [2.05, 4.69) is 4.74 Å². The molecular formula is C15H18O5. The minimum Gasteiger partial charge on any atom is -0.465 e. The molecule has 0 aliphatic carbocycles. The third-order valence-corrected chi connectivity index (χ3v) is 3.12. The quantitative estimate of drug-likeness (QED) is 0.789. The van der Waals surface area contributed by atoms with E-state index >= 15 is 0 Å². The maximum atomic E-state index is 11.8. The molecule has 0 amide bonds. The van der Waals surface area contributed by atoms with Gasteiger partial charge in [0.25, 0.3) is 0 Å². The van der Waals surface area contributed by atoms with E-state index in [-0.39, 0.29) is 12.4 Å². The van der Waals surface area contributed by atoms with Crippen LogP contribution in [0.15, 0.2) is 24.3 Å². The van der Waals surface area contributed by atoms with Crippen LogP contribution in [0.25, 0.3) is 0 Å². The summed E-state index contributed by atoms with van der Waals surface area (Å²) in [5.41, 5.74) is 1.25. The van der Waals surface area contributed by atoms with Crippen LogP contribution >= 0.6 is 0 Å². The lowest BCUT2D eigenvalue weighted by molar-refractivity contribution is -0.185. The van der Waals surface area contributed by atoms with Crippen molar-refractivity contribution in [3.8, 4) is 0 Å². The van der Waals surface area contributed by atoms with E-state index in [0.717, 1.165) is 24.8 Å². The summed E-state index contributed by atoms with van der Waals surface area (Å²) in [5.74, 6) is -0.711. The van der Waals surface area contributed by atoms with Crippen LogP contribution < -0.4 is 0 Å². The smallest absolute Gasteiger partial charge is 0.337 e. The molecule has 0 N–H and O–H groups in total. The lowest BCUT2D eigenvalue weighted by Gasteiger charge is -2.22. The number of esters is 2. The number of methoxy groups -OCH3 is 1. The van der Waals surface area contributed by atoms with Gasteiger partial charge in [-0.25, -0.2) is 4.79 Å². The second-order valence-corrected chi connectivity index (χ2v) is 4.65. The van der Waals surface area contributed by atoms with Crippen molar-refractivity contribution in [3.05, 3.63) is 35.4 Å². The Morgan fingerprint density at radius 2 is 2.00 bits per heavy atom. The summed E-state index contributed by atoms with van der Waals surface area (Å²) in [5, 5.41) is 0. The number of carbonyl (C=O) groups excluding carboxylic acids is 2. The molecule has 1 fully saturated rings. The Kier molecular flexibility index (Phi) is 5.12. The van der Waals surface area contributed by atoms with Crippen LogP contribution in [0, 0.1) is 0 Å². The molecule has 0 aromatic heterocycles. The molecule has 1 aromatic carbocycles. The van der Waals surface area contributed by atoms with Crippen LogP contribution in [0.3, 0.4) is 0 Å². The van der Waals surface area contributed by atoms with Crippen molar-refractivity contribution in [2.24, 2.45) is 0 Å². The summed E-state index contributed by atoms with van der Waals surface area (Å²) in [6.07, 6.45) is 2.55. The highest BCUT2D eigenvalue weighted by Crippen LogP contribution is 2.15. The summed E-state index contributed by atoms with van der Waals surface area (Å²) < 4.78 is 15.2. The van der Waals surface area contributed by atoms with Gasteiger partial charge in [-0.15, -0.1) is 0 Å². The van der Waals surface area contributed by atoms with E-state index in [1.807, 2.05) is 0 Å². The van der Waals surface area contributed by atoms with E-state index in [4.69, 9.17) is 9.47 Å². The Labute approximate surface area is 117 Å². The predicted molar refractivity (Wildman–Crippen MR) is 71.2 cm³/mol. The van der Waals surface area contributed by atoms with Gasteiger partial charge in [-0.3, -0.25) is 4.79 Å². The van der Waals surface area contributed by atoms with Gasteiger partial charge in [-0.1, -0.05) is 12.1 Å². The van der Waals surface area contributed by atoms with Crippen LogP contribution in [0.1, 0.15) is 35.2 Å². The summed E-state index contributed by atoms with van der Waals surface area (Å²) >= 11 is 0. The van der Waals surface area contributed by atoms with E-state index in [0.29, 0.717) is 12.2 Å². The Balaban J connectivity index is 1.85. The molecule has 1 unspecified atom stereocenters. The molecule has 108 valence electrons. The first-order chi connectivity index (χ1) is 9.69. The van der Waals surface area contributed by atoms with Crippen LogP contribution in [0.5, 0.6) is 0 Å². The van der Waals surface area contributed by atoms with Gasteiger partial charge in [0.15, 0.2) is 0 Å². The average Bonchev–Trinajstić information content (AvgIpc) is 2.48. The number of carbonyl (C=O) groups is 2. The second-order valence-electron chi connectivity index (χ2n) is 4.65. The van der Waals surface area contributed by atoms with Gasteiger partial charge in [0.1, 0.15) is 0 Å². The Morgan fingerprint density at radius 3 is 2.60 bits per heavy atom. The van der Waals surface area contributed by atoms with Crippen molar-refractivity contribution in [3.63, 3.8) is 0 Å². The molecular weight excluding hydrogens is 260 g/mol. The maximum absolute atomic E-state index is 11.8. The third-order valence-electron chi connectivity index (χ3n) is 3.12. The van der Waals surface area contributed by atoms with E-state index < -0.39 is 12.3 Å². The highest BCUT2D eigenvalue weighted by molar-refractivity contribution is 5.89. The van der Waals surface area contributed by atoms with E-state index in [9.17, 15) is 9.59 Å². The number of benzene rings is 1. The minimum atomic E-state index is -0.411. The van der Waals surface area contributed by atoms with Crippen molar-refractivity contribution in [2.75, 3.05) is 13.7 Å².